The second-order valence-electron chi connectivity index (χ2n) is 8.72. The highest BCUT2D eigenvalue weighted by Gasteiger charge is 2.15. The number of hydrogen-bond donors (Lipinski definition) is 0. The first-order chi connectivity index (χ1) is 20.2. The molecular formula is C31H22Cl4O7. The van der Waals surface area contributed by atoms with E-state index in [1.807, 2.05) is 0 Å². The first-order valence-corrected chi connectivity index (χ1v) is 13.9. The molecule has 0 unspecified atom stereocenters. The van der Waals surface area contributed by atoms with Gasteiger partial charge < -0.3 is 18.9 Å². The Kier molecular flexibility index (Phi) is 11.1. The van der Waals surface area contributed by atoms with Crippen molar-refractivity contribution >= 4 is 64.1 Å². The van der Waals surface area contributed by atoms with Crippen LogP contribution in [0.1, 0.15) is 31.8 Å². The summed E-state index contributed by atoms with van der Waals surface area (Å²) in [5.74, 6) is -1.36. The van der Waals surface area contributed by atoms with E-state index in [0.29, 0.717) is 42.7 Å². The molecule has 4 aromatic rings. The van der Waals surface area contributed by atoms with Gasteiger partial charge in [0.15, 0.2) is 13.2 Å². The lowest BCUT2D eigenvalue weighted by Gasteiger charge is -2.11. The van der Waals surface area contributed by atoms with Crippen LogP contribution in [-0.2, 0) is 27.5 Å². The van der Waals surface area contributed by atoms with E-state index in [2.05, 4.69) is 0 Å². The number of benzene rings is 4. The van der Waals surface area contributed by atoms with E-state index in [9.17, 15) is 14.4 Å². The fourth-order valence-corrected chi connectivity index (χ4v) is 4.59. The summed E-state index contributed by atoms with van der Waals surface area (Å²) in [5, 5.41) is 1.82. The zero-order chi connectivity index (χ0) is 30.1. The molecule has 0 heterocycles. The van der Waals surface area contributed by atoms with Crippen LogP contribution < -0.4 is 9.47 Å². The Bertz CT molecular complexity index is 1450. The van der Waals surface area contributed by atoms with Crippen LogP contribution in [0.5, 0.6) is 11.5 Å². The van der Waals surface area contributed by atoms with Gasteiger partial charge >= 0.3 is 11.9 Å². The smallest absolute Gasteiger partial charge is 0.338 e. The van der Waals surface area contributed by atoms with Gasteiger partial charge in [-0.15, -0.1) is 0 Å². The third-order valence-electron chi connectivity index (χ3n) is 5.76. The number of hydrogen-bond acceptors (Lipinski definition) is 7. The molecule has 0 aliphatic carbocycles. The van der Waals surface area contributed by atoms with Crippen molar-refractivity contribution in [1.82, 2.24) is 0 Å². The molecule has 4 rings (SSSR count). The summed E-state index contributed by atoms with van der Waals surface area (Å²) in [5.41, 5.74) is 1.54. The topological polar surface area (TPSA) is 88.1 Å². The summed E-state index contributed by atoms with van der Waals surface area (Å²) >= 11 is 24.7. The molecule has 216 valence electrons. The maximum atomic E-state index is 12.5. The summed E-state index contributed by atoms with van der Waals surface area (Å²) in [7, 11) is 0. The minimum Gasteiger partial charge on any atom is -0.489 e. The van der Waals surface area contributed by atoms with Gasteiger partial charge in [-0.1, -0.05) is 70.7 Å². The molecule has 42 heavy (non-hydrogen) atoms. The number of ether oxygens (including phenoxy) is 4. The van der Waals surface area contributed by atoms with Gasteiger partial charge in [-0.2, -0.15) is 0 Å². The van der Waals surface area contributed by atoms with Gasteiger partial charge in [0.05, 0.1) is 11.1 Å². The van der Waals surface area contributed by atoms with E-state index in [-0.39, 0.29) is 24.3 Å². The fraction of sp³-hybridized carbons (Fsp3) is 0.129. The summed E-state index contributed by atoms with van der Waals surface area (Å²) in [6, 6.07) is 22.7. The number of rotatable bonds is 12. The lowest BCUT2D eigenvalue weighted by atomic mass is 10.2. The van der Waals surface area contributed by atoms with Gasteiger partial charge in [0.2, 0.25) is 5.78 Å². The standard InChI is InChI=1S/C31H22Cl4O7/c32-26-9-3-10-27(33)24(26)17-39-22-7-1-5-19(13-22)30(37)41-15-21(36)16-42-31(38)20-6-2-8-23(14-20)40-18-25-28(34)11-4-12-29(25)35/h1-14H,15-18H2. The van der Waals surface area contributed by atoms with Crippen molar-refractivity contribution < 1.29 is 33.3 Å². The zero-order valence-electron chi connectivity index (χ0n) is 21.8. The number of carbonyl (C=O) groups is 3. The summed E-state index contributed by atoms with van der Waals surface area (Å²) in [4.78, 5) is 37.2. The lowest BCUT2D eigenvalue weighted by Crippen LogP contribution is -2.20. The van der Waals surface area contributed by atoms with Crippen molar-refractivity contribution in [3.63, 3.8) is 0 Å². The summed E-state index contributed by atoms with van der Waals surface area (Å²) in [6.45, 7) is -1.00. The Labute approximate surface area is 261 Å². The lowest BCUT2D eigenvalue weighted by molar-refractivity contribution is -0.125. The van der Waals surface area contributed by atoms with Crippen LogP contribution in [0.4, 0.5) is 0 Å². The molecule has 4 aromatic carbocycles. The Balaban J connectivity index is 1.24. The fourth-order valence-electron chi connectivity index (χ4n) is 3.58. The second kappa shape index (κ2) is 14.9. The molecule has 0 fully saturated rings. The van der Waals surface area contributed by atoms with Crippen molar-refractivity contribution in [2.75, 3.05) is 13.2 Å². The van der Waals surface area contributed by atoms with Crippen LogP contribution >= 0.6 is 46.4 Å². The third kappa shape index (κ3) is 8.63. The average Bonchev–Trinajstić information content (AvgIpc) is 2.98. The normalized spacial score (nSPS) is 10.6. The highest BCUT2D eigenvalue weighted by atomic mass is 35.5. The summed E-state index contributed by atoms with van der Waals surface area (Å²) in [6.07, 6.45) is 0. The number of Topliss-reactive ketones (excluding diaryl/α,β-unsaturated/α-hetero) is 1. The molecule has 0 saturated heterocycles. The van der Waals surface area contributed by atoms with E-state index in [4.69, 9.17) is 65.4 Å². The zero-order valence-corrected chi connectivity index (χ0v) is 24.8. The molecule has 0 atom stereocenters. The number of carbonyl (C=O) groups excluding carboxylic acids is 3. The molecule has 0 amide bonds. The number of ketones is 1. The van der Waals surface area contributed by atoms with Gasteiger partial charge in [-0.3, -0.25) is 4.79 Å². The highest BCUT2D eigenvalue weighted by Crippen LogP contribution is 2.27. The van der Waals surface area contributed by atoms with Crippen LogP contribution in [0.25, 0.3) is 0 Å². The molecule has 0 spiro atoms. The molecule has 0 bridgehead atoms. The van der Waals surface area contributed by atoms with Gasteiger partial charge in [0.1, 0.15) is 24.7 Å². The Hall–Kier alpha value is -3.75. The minimum absolute atomic E-state index is 0.0889. The van der Waals surface area contributed by atoms with Crippen molar-refractivity contribution in [1.29, 1.82) is 0 Å². The van der Waals surface area contributed by atoms with Crippen LogP contribution in [0, 0.1) is 0 Å². The Morgan fingerprint density at radius 2 is 0.881 bits per heavy atom. The second-order valence-corrected chi connectivity index (χ2v) is 10.4. The molecular weight excluding hydrogens is 626 g/mol. The highest BCUT2D eigenvalue weighted by molar-refractivity contribution is 6.36. The van der Waals surface area contributed by atoms with Crippen molar-refractivity contribution in [3.8, 4) is 11.5 Å². The molecule has 0 aliphatic heterocycles. The van der Waals surface area contributed by atoms with Gasteiger partial charge in [0.25, 0.3) is 0 Å². The largest absolute Gasteiger partial charge is 0.489 e. The number of halogens is 4. The average molecular weight is 648 g/mol. The molecule has 11 heteroatoms. The van der Waals surface area contributed by atoms with Gasteiger partial charge in [-0.25, -0.2) is 9.59 Å². The predicted molar refractivity (Wildman–Crippen MR) is 160 cm³/mol. The molecule has 0 aromatic heterocycles. The summed E-state index contributed by atoms with van der Waals surface area (Å²) < 4.78 is 21.6. The molecule has 0 aliphatic rings. The quantitative estimate of drug-likeness (QED) is 0.144. The molecule has 0 radical (unpaired) electrons. The van der Waals surface area contributed by atoms with E-state index < -0.39 is 30.9 Å². The molecule has 0 saturated carbocycles. The SMILES string of the molecule is O=C(COC(=O)c1cccc(OCc2c(Cl)cccc2Cl)c1)COC(=O)c1cccc(OCc2c(Cl)cccc2Cl)c1. The number of esters is 2. The first kappa shape index (κ1) is 31.2. The Morgan fingerprint density at radius 1 is 0.524 bits per heavy atom. The van der Waals surface area contributed by atoms with Crippen molar-refractivity contribution in [2.45, 2.75) is 13.2 Å². The van der Waals surface area contributed by atoms with Crippen LogP contribution in [0.15, 0.2) is 84.9 Å². The van der Waals surface area contributed by atoms with Gasteiger partial charge in [0, 0.05) is 31.2 Å². The monoisotopic (exact) mass is 646 g/mol. The Morgan fingerprint density at radius 3 is 1.26 bits per heavy atom. The van der Waals surface area contributed by atoms with Crippen LogP contribution in [0.2, 0.25) is 20.1 Å². The predicted octanol–water partition coefficient (Wildman–Crippen LogP) is 8.04. The van der Waals surface area contributed by atoms with Gasteiger partial charge in [-0.05, 0) is 60.7 Å². The van der Waals surface area contributed by atoms with Crippen LogP contribution in [-0.4, -0.2) is 30.9 Å². The maximum Gasteiger partial charge on any atom is 0.338 e. The molecule has 0 N–H and O–H groups in total. The van der Waals surface area contributed by atoms with Crippen LogP contribution in [0.3, 0.4) is 0 Å². The van der Waals surface area contributed by atoms with E-state index in [1.165, 1.54) is 24.3 Å². The van der Waals surface area contributed by atoms with E-state index in [1.54, 1.807) is 60.7 Å². The maximum absolute atomic E-state index is 12.5. The third-order valence-corrected chi connectivity index (χ3v) is 7.17. The molecule has 7 nitrogen and oxygen atoms in total. The minimum atomic E-state index is -0.751. The van der Waals surface area contributed by atoms with E-state index >= 15 is 0 Å². The van der Waals surface area contributed by atoms with Crippen molar-refractivity contribution in [3.05, 3.63) is 127 Å². The first-order valence-electron chi connectivity index (χ1n) is 12.4. The van der Waals surface area contributed by atoms with Crippen molar-refractivity contribution in [2.24, 2.45) is 0 Å². The van der Waals surface area contributed by atoms with E-state index in [0.717, 1.165) is 0 Å².